The SMILES string of the molecule is COc1cc(CCC(CC(OC(C)=O)C2CC3CC4C(CCC(c5ccc[n-]5)C4CC3C(C)C)C(CO)C2)OC(C)=O)c(-c2ccnc(N)c2)cc1O. The van der Waals surface area contributed by atoms with E-state index in [0.29, 0.717) is 72.3 Å². The van der Waals surface area contributed by atoms with E-state index in [2.05, 4.69) is 31.0 Å². The molecule has 2 aromatic heterocycles. The fourth-order valence-corrected chi connectivity index (χ4v) is 10.7. The van der Waals surface area contributed by atoms with Gasteiger partial charge in [0.1, 0.15) is 18.0 Å². The average molecular weight is 729 g/mol. The van der Waals surface area contributed by atoms with Crippen LogP contribution in [0, 0.1) is 47.3 Å². The van der Waals surface area contributed by atoms with Crippen molar-refractivity contribution in [2.75, 3.05) is 19.5 Å². The molecule has 1 aromatic carbocycles. The Bertz CT molecular complexity index is 1690. The first kappa shape index (κ1) is 38.7. The van der Waals surface area contributed by atoms with Gasteiger partial charge in [0.2, 0.25) is 0 Å². The minimum absolute atomic E-state index is 0.00269. The Hall–Kier alpha value is -4.05. The first-order valence-corrected chi connectivity index (χ1v) is 19.6. The number of rotatable bonds is 13. The lowest BCUT2D eigenvalue weighted by Crippen LogP contribution is -2.49. The van der Waals surface area contributed by atoms with Crippen molar-refractivity contribution in [1.82, 2.24) is 9.97 Å². The van der Waals surface area contributed by atoms with Crippen molar-refractivity contribution in [3.05, 3.63) is 60.0 Å². The molecule has 0 saturated heterocycles. The molecular weight excluding hydrogens is 670 g/mol. The molecular formula is C43H58N3O7-. The molecule has 3 saturated carbocycles. The minimum Gasteiger partial charge on any atom is -0.667 e. The zero-order valence-electron chi connectivity index (χ0n) is 31.9. The van der Waals surface area contributed by atoms with Gasteiger partial charge in [-0.25, -0.2) is 4.98 Å². The highest BCUT2D eigenvalue weighted by Crippen LogP contribution is 2.59. The largest absolute Gasteiger partial charge is 0.667 e. The topological polar surface area (TPSA) is 155 Å². The third kappa shape index (κ3) is 8.85. The number of carbonyl (C=O) groups is 2. The van der Waals surface area contributed by atoms with Gasteiger partial charge in [0, 0.05) is 33.1 Å². The number of ether oxygens (including phenoxy) is 3. The molecule has 2 heterocycles. The number of methoxy groups -OCH3 is 1. The number of aliphatic hydroxyl groups excluding tert-OH is 1. The number of nitrogens with zero attached hydrogens (tertiary/aromatic N) is 2. The van der Waals surface area contributed by atoms with Crippen molar-refractivity contribution in [1.29, 1.82) is 0 Å². The van der Waals surface area contributed by atoms with Crippen LogP contribution >= 0.6 is 0 Å². The molecule has 3 fully saturated rings. The predicted octanol–water partition coefficient (Wildman–Crippen LogP) is 7.32. The molecule has 10 nitrogen and oxygen atoms in total. The number of esters is 2. The van der Waals surface area contributed by atoms with Crippen molar-refractivity contribution in [3.63, 3.8) is 0 Å². The third-order valence-corrected chi connectivity index (χ3v) is 12.9. The smallest absolute Gasteiger partial charge is 0.302 e. The number of fused-ring (bicyclic) bond motifs is 1. The van der Waals surface area contributed by atoms with Crippen molar-refractivity contribution in [2.45, 2.75) is 104 Å². The van der Waals surface area contributed by atoms with E-state index >= 15 is 0 Å². The van der Waals surface area contributed by atoms with E-state index in [9.17, 15) is 19.8 Å². The highest BCUT2D eigenvalue weighted by molar-refractivity contribution is 5.72. The van der Waals surface area contributed by atoms with Gasteiger partial charge in [-0.2, -0.15) is 11.9 Å². The molecule has 10 heteroatoms. The lowest BCUT2D eigenvalue weighted by Gasteiger charge is -2.56. The Morgan fingerprint density at radius 2 is 1.79 bits per heavy atom. The number of nitrogens with two attached hydrogens (primary N) is 1. The van der Waals surface area contributed by atoms with E-state index in [1.54, 1.807) is 24.4 Å². The van der Waals surface area contributed by atoms with Crippen LogP contribution in [-0.2, 0) is 25.5 Å². The van der Waals surface area contributed by atoms with Gasteiger partial charge < -0.3 is 35.1 Å². The van der Waals surface area contributed by atoms with Crippen LogP contribution in [0.1, 0.15) is 96.2 Å². The molecule has 0 radical (unpaired) electrons. The second-order valence-corrected chi connectivity index (χ2v) is 16.4. The van der Waals surface area contributed by atoms with Crippen LogP contribution in [-0.4, -0.2) is 53.1 Å². The number of carbonyl (C=O) groups excluding carboxylic acids is 2. The number of aliphatic hydroxyl groups is 1. The first-order chi connectivity index (χ1) is 25.4. The number of hydrogen-bond donors (Lipinski definition) is 3. The van der Waals surface area contributed by atoms with Gasteiger partial charge >= 0.3 is 11.9 Å². The van der Waals surface area contributed by atoms with Crippen molar-refractivity contribution in [3.8, 4) is 22.6 Å². The van der Waals surface area contributed by atoms with Crippen LogP contribution in [0.15, 0.2) is 48.8 Å². The van der Waals surface area contributed by atoms with Crippen LogP contribution in [0.2, 0.25) is 0 Å². The monoisotopic (exact) mass is 728 g/mol. The third-order valence-electron chi connectivity index (χ3n) is 12.9. The zero-order valence-corrected chi connectivity index (χ0v) is 31.9. The molecule has 3 aromatic rings. The van der Waals surface area contributed by atoms with Gasteiger partial charge in [-0.15, -0.1) is 0 Å². The van der Waals surface area contributed by atoms with Gasteiger partial charge in [-0.05, 0) is 146 Å². The molecule has 0 spiro atoms. The second-order valence-electron chi connectivity index (χ2n) is 16.4. The lowest BCUT2D eigenvalue weighted by atomic mass is 9.50. The molecule has 6 rings (SSSR count). The van der Waals surface area contributed by atoms with Gasteiger partial charge in [0.05, 0.1) is 7.11 Å². The Labute approximate surface area is 314 Å². The Balaban J connectivity index is 1.28. The maximum Gasteiger partial charge on any atom is 0.302 e. The summed E-state index contributed by atoms with van der Waals surface area (Å²) in [6, 6.07) is 11.3. The summed E-state index contributed by atoms with van der Waals surface area (Å²) in [7, 11) is 1.51. The van der Waals surface area contributed by atoms with Crippen LogP contribution in [0.3, 0.4) is 0 Å². The lowest BCUT2D eigenvalue weighted by molar-refractivity contribution is -0.158. The number of phenolic OH excluding ortho intramolecular Hbond substituents is 1. The number of hydrogen-bond acceptors (Lipinski definition) is 9. The molecule has 3 aliphatic carbocycles. The second kappa shape index (κ2) is 17.0. The molecule has 0 amide bonds. The van der Waals surface area contributed by atoms with Crippen molar-refractivity contribution < 1.29 is 34.0 Å². The number of nitrogen functional groups attached to an aromatic ring is 1. The van der Waals surface area contributed by atoms with Crippen molar-refractivity contribution in [2.24, 2.45) is 47.3 Å². The maximum absolute atomic E-state index is 12.8. The predicted molar refractivity (Wildman–Crippen MR) is 203 cm³/mol. The van der Waals surface area contributed by atoms with Gasteiger partial charge in [-0.3, -0.25) is 9.59 Å². The van der Waals surface area contributed by atoms with Gasteiger partial charge in [0.15, 0.2) is 11.5 Å². The molecule has 0 aliphatic heterocycles. The fraction of sp³-hybridized carbons (Fsp3) is 0.605. The Morgan fingerprint density at radius 1 is 1.00 bits per heavy atom. The van der Waals surface area contributed by atoms with Crippen LogP contribution < -0.4 is 15.5 Å². The van der Waals surface area contributed by atoms with Crippen molar-refractivity contribution >= 4 is 17.8 Å². The molecule has 3 aliphatic rings. The molecule has 10 atom stereocenters. The van der Waals surface area contributed by atoms with E-state index in [1.807, 2.05) is 12.3 Å². The van der Waals surface area contributed by atoms with Gasteiger partial charge in [0.25, 0.3) is 0 Å². The summed E-state index contributed by atoms with van der Waals surface area (Å²) < 4.78 is 17.7. The number of aryl methyl sites for hydroxylation is 1. The van der Waals surface area contributed by atoms with E-state index in [4.69, 9.17) is 24.9 Å². The summed E-state index contributed by atoms with van der Waals surface area (Å²) >= 11 is 0. The quantitative estimate of drug-likeness (QED) is 0.153. The molecule has 288 valence electrons. The highest BCUT2D eigenvalue weighted by Gasteiger charge is 2.51. The highest BCUT2D eigenvalue weighted by atomic mass is 16.6. The number of anilines is 1. The Morgan fingerprint density at radius 3 is 2.45 bits per heavy atom. The summed E-state index contributed by atoms with van der Waals surface area (Å²) in [6.07, 6.45) is 9.91. The number of aromatic nitrogens is 2. The number of pyridine rings is 1. The molecule has 2 bridgehead atoms. The first-order valence-electron chi connectivity index (χ1n) is 19.6. The number of phenols is 1. The normalized spacial score (nSPS) is 28.0. The fourth-order valence-electron chi connectivity index (χ4n) is 10.7. The summed E-state index contributed by atoms with van der Waals surface area (Å²) in [4.78, 5) is 34.2. The average Bonchev–Trinajstić information content (AvgIpc) is 3.65. The van der Waals surface area contributed by atoms with E-state index in [1.165, 1.54) is 26.7 Å². The zero-order chi connectivity index (χ0) is 37.8. The summed E-state index contributed by atoms with van der Waals surface area (Å²) in [5.41, 5.74) is 9.69. The summed E-state index contributed by atoms with van der Waals surface area (Å²) in [6.45, 7) is 7.66. The minimum atomic E-state index is -0.540. The van der Waals surface area contributed by atoms with E-state index in [-0.39, 0.29) is 30.2 Å². The number of benzene rings is 1. The summed E-state index contributed by atoms with van der Waals surface area (Å²) in [5, 5.41) is 21.7. The maximum atomic E-state index is 12.8. The van der Waals surface area contributed by atoms with Crippen LogP contribution in [0.5, 0.6) is 11.5 Å². The van der Waals surface area contributed by atoms with E-state index < -0.39 is 18.2 Å². The van der Waals surface area contributed by atoms with Crippen LogP contribution in [0.4, 0.5) is 5.82 Å². The van der Waals surface area contributed by atoms with Gasteiger partial charge in [-0.1, -0.05) is 26.0 Å². The number of aromatic hydroxyl groups is 1. The molecule has 10 unspecified atom stereocenters. The van der Waals surface area contributed by atoms with E-state index in [0.717, 1.165) is 55.2 Å². The Kier molecular flexibility index (Phi) is 12.4. The molecule has 4 N–H and O–H groups in total. The van der Waals surface area contributed by atoms with Crippen LogP contribution in [0.25, 0.3) is 11.1 Å². The molecule has 53 heavy (non-hydrogen) atoms. The standard InChI is InChI=1S/C43H58N3O7/c1-24(2)35-21-38-34(39-7-6-13-45-39)11-10-33-31(23-47)16-30(15-29(35)17-37(33)38)41(53-26(4)49)20-32(52-25(3)48)9-8-27-18-42(51-5)40(50)22-36(27)28-12-14-46-43(44)19-28/h6-7,12-14,18-19,22,24,29-35,37-38,41,47,50H,8-11,15-17,20-21,23H2,1-5H3,(H2,44,46)/q-1. The summed E-state index contributed by atoms with van der Waals surface area (Å²) in [5.74, 6) is 3.54.